The molecule has 1 atom stereocenters. The van der Waals surface area contributed by atoms with Crippen molar-refractivity contribution in [1.82, 2.24) is 4.90 Å². The Kier molecular flexibility index (Phi) is 5.87. The van der Waals surface area contributed by atoms with Gasteiger partial charge in [0.25, 0.3) is 5.91 Å². The second-order valence-electron chi connectivity index (χ2n) is 5.11. The summed E-state index contributed by atoms with van der Waals surface area (Å²) in [7, 11) is 0. The first-order chi connectivity index (χ1) is 9.01. The lowest BCUT2D eigenvalue weighted by molar-refractivity contribution is 0.0684. The summed E-state index contributed by atoms with van der Waals surface area (Å²) < 4.78 is 0. The zero-order chi connectivity index (χ0) is 14.4. The Hall–Kier alpha value is -1.51. The number of phenols is 1. The van der Waals surface area contributed by atoms with Crippen molar-refractivity contribution in [3.05, 3.63) is 29.3 Å². The summed E-state index contributed by atoms with van der Waals surface area (Å²) in [5.74, 6) is 0.276. The topological polar surface area (TPSA) is 40.5 Å². The summed E-state index contributed by atoms with van der Waals surface area (Å²) in [6, 6.07) is 5.18. The van der Waals surface area contributed by atoms with Crippen LogP contribution in [0.15, 0.2) is 18.2 Å². The maximum atomic E-state index is 12.6. The van der Waals surface area contributed by atoms with Crippen LogP contribution >= 0.6 is 0 Å². The van der Waals surface area contributed by atoms with Crippen LogP contribution in [0, 0.1) is 6.92 Å². The smallest absolute Gasteiger partial charge is 0.254 e. The van der Waals surface area contributed by atoms with E-state index in [9.17, 15) is 9.90 Å². The molecule has 0 radical (unpaired) electrons. The number of benzene rings is 1. The highest BCUT2D eigenvalue weighted by Crippen LogP contribution is 2.19. The van der Waals surface area contributed by atoms with Gasteiger partial charge in [-0.3, -0.25) is 4.79 Å². The molecule has 1 N–H and O–H groups in total. The highest BCUT2D eigenvalue weighted by Gasteiger charge is 2.21. The van der Waals surface area contributed by atoms with Crippen molar-refractivity contribution in [2.75, 3.05) is 6.54 Å². The van der Waals surface area contributed by atoms with Crippen molar-refractivity contribution in [3.63, 3.8) is 0 Å². The molecule has 0 aliphatic heterocycles. The Bertz CT molecular complexity index is 429. The number of hydrogen-bond acceptors (Lipinski definition) is 2. The standard InChI is InChI=1S/C16H25NO2/c1-5-7-10-17(13(4)6-2)16(19)15-9-8-14(18)11-12(15)3/h8-9,11,13,18H,5-7,10H2,1-4H3. The van der Waals surface area contributed by atoms with Gasteiger partial charge in [0.05, 0.1) is 0 Å². The fraction of sp³-hybridized carbons (Fsp3) is 0.562. The summed E-state index contributed by atoms with van der Waals surface area (Å²) in [6.07, 6.45) is 3.05. The van der Waals surface area contributed by atoms with Crippen LogP contribution in [-0.2, 0) is 0 Å². The highest BCUT2D eigenvalue weighted by atomic mass is 16.3. The normalized spacial score (nSPS) is 12.2. The third-order valence-electron chi connectivity index (χ3n) is 3.58. The van der Waals surface area contributed by atoms with E-state index in [1.54, 1.807) is 18.2 Å². The van der Waals surface area contributed by atoms with Crippen molar-refractivity contribution in [3.8, 4) is 5.75 Å². The number of aromatic hydroxyl groups is 1. The van der Waals surface area contributed by atoms with Gasteiger partial charge in [0.1, 0.15) is 5.75 Å². The van der Waals surface area contributed by atoms with Crippen LogP contribution in [0.1, 0.15) is 56.0 Å². The highest BCUT2D eigenvalue weighted by molar-refractivity contribution is 5.96. The third kappa shape index (κ3) is 3.98. The molecule has 1 unspecified atom stereocenters. The lowest BCUT2D eigenvalue weighted by Gasteiger charge is -2.29. The first-order valence-electron chi connectivity index (χ1n) is 7.11. The predicted octanol–water partition coefficient (Wildman–Crippen LogP) is 3.74. The van der Waals surface area contributed by atoms with Gasteiger partial charge in [0.2, 0.25) is 0 Å². The van der Waals surface area contributed by atoms with Crippen LogP contribution in [0.25, 0.3) is 0 Å². The van der Waals surface area contributed by atoms with Gasteiger partial charge in [0, 0.05) is 18.2 Å². The molecular weight excluding hydrogens is 238 g/mol. The molecule has 0 bridgehead atoms. The van der Waals surface area contributed by atoms with Gasteiger partial charge in [-0.1, -0.05) is 20.3 Å². The molecule has 0 fully saturated rings. The SMILES string of the molecule is CCCCN(C(=O)c1ccc(O)cc1C)C(C)CC. The van der Waals surface area contributed by atoms with E-state index in [4.69, 9.17) is 0 Å². The molecule has 0 saturated carbocycles. The van der Waals surface area contributed by atoms with Crippen LogP contribution in [-0.4, -0.2) is 28.5 Å². The summed E-state index contributed by atoms with van der Waals surface area (Å²) in [6.45, 7) is 8.97. The van der Waals surface area contributed by atoms with E-state index in [-0.39, 0.29) is 17.7 Å². The van der Waals surface area contributed by atoms with Crippen LogP contribution < -0.4 is 0 Å². The molecule has 1 amide bonds. The summed E-state index contributed by atoms with van der Waals surface area (Å²) >= 11 is 0. The molecule has 19 heavy (non-hydrogen) atoms. The van der Waals surface area contributed by atoms with E-state index in [2.05, 4.69) is 20.8 Å². The molecule has 1 aromatic rings. The van der Waals surface area contributed by atoms with Crippen LogP contribution in [0.5, 0.6) is 5.75 Å². The summed E-state index contributed by atoms with van der Waals surface area (Å²) in [5, 5.41) is 9.43. The van der Waals surface area contributed by atoms with Gasteiger partial charge in [-0.25, -0.2) is 0 Å². The summed E-state index contributed by atoms with van der Waals surface area (Å²) in [5.41, 5.74) is 1.52. The van der Waals surface area contributed by atoms with Gasteiger partial charge in [-0.2, -0.15) is 0 Å². The minimum atomic E-state index is 0.0697. The Morgan fingerprint density at radius 1 is 1.37 bits per heavy atom. The lowest BCUT2D eigenvalue weighted by atomic mass is 10.1. The minimum absolute atomic E-state index is 0.0697. The number of unbranched alkanes of at least 4 members (excludes halogenated alkanes) is 1. The molecule has 0 saturated heterocycles. The van der Waals surface area contributed by atoms with Crippen molar-refractivity contribution in [2.24, 2.45) is 0 Å². The molecule has 1 rings (SSSR count). The molecule has 1 aromatic carbocycles. The molecule has 3 heteroatoms. The van der Waals surface area contributed by atoms with Crippen molar-refractivity contribution in [1.29, 1.82) is 0 Å². The molecule has 0 aromatic heterocycles. The second-order valence-corrected chi connectivity index (χ2v) is 5.11. The Labute approximate surface area is 116 Å². The lowest BCUT2D eigenvalue weighted by Crippen LogP contribution is -2.39. The zero-order valence-electron chi connectivity index (χ0n) is 12.4. The quantitative estimate of drug-likeness (QED) is 0.849. The van der Waals surface area contributed by atoms with Crippen LogP contribution in [0.2, 0.25) is 0 Å². The van der Waals surface area contributed by atoms with Crippen molar-refractivity contribution >= 4 is 5.91 Å². The number of rotatable bonds is 6. The van der Waals surface area contributed by atoms with Gasteiger partial charge in [-0.15, -0.1) is 0 Å². The van der Waals surface area contributed by atoms with Gasteiger partial charge >= 0.3 is 0 Å². The fourth-order valence-corrected chi connectivity index (χ4v) is 2.11. The maximum absolute atomic E-state index is 12.6. The molecule has 106 valence electrons. The first-order valence-corrected chi connectivity index (χ1v) is 7.11. The number of carbonyl (C=O) groups excluding carboxylic acids is 1. The number of carbonyl (C=O) groups is 1. The van der Waals surface area contributed by atoms with Crippen LogP contribution in [0.4, 0.5) is 0 Å². The predicted molar refractivity (Wildman–Crippen MR) is 78.5 cm³/mol. The van der Waals surface area contributed by atoms with Gasteiger partial charge in [-0.05, 0) is 50.5 Å². The van der Waals surface area contributed by atoms with Gasteiger partial charge in [0.15, 0.2) is 0 Å². The first kappa shape index (κ1) is 15.5. The Morgan fingerprint density at radius 3 is 2.58 bits per heavy atom. The monoisotopic (exact) mass is 263 g/mol. The largest absolute Gasteiger partial charge is 0.508 e. The van der Waals surface area contributed by atoms with E-state index >= 15 is 0 Å². The zero-order valence-corrected chi connectivity index (χ0v) is 12.4. The van der Waals surface area contributed by atoms with Crippen molar-refractivity contribution in [2.45, 2.75) is 53.0 Å². The van der Waals surface area contributed by atoms with E-state index in [0.29, 0.717) is 5.56 Å². The van der Waals surface area contributed by atoms with E-state index in [0.717, 1.165) is 31.4 Å². The van der Waals surface area contributed by atoms with Crippen LogP contribution in [0.3, 0.4) is 0 Å². The minimum Gasteiger partial charge on any atom is -0.508 e. The van der Waals surface area contributed by atoms with Crippen molar-refractivity contribution < 1.29 is 9.90 Å². The molecule has 0 heterocycles. The average Bonchev–Trinajstić information content (AvgIpc) is 2.38. The van der Waals surface area contributed by atoms with E-state index in [1.165, 1.54) is 0 Å². The Morgan fingerprint density at radius 2 is 2.05 bits per heavy atom. The Balaban J connectivity index is 2.97. The molecule has 3 nitrogen and oxygen atoms in total. The average molecular weight is 263 g/mol. The second kappa shape index (κ2) is 7.17. The number of nitrogens with zero attached hydrogens (tertiary/aromatic N) is 1. The number of amides is 1. The molecule has 0 aliphatic rings. The van der Waals surface area contributed by atoms with E-state index < -0.39 is 0 Å². The van der Waals surface area contributed by atoms with Gasteiger partial charge < -0.3 is 10.0 Å². The number of aryl methyl sites for hydroxylation is 1. The van der Waals surface area contributed by atoms with E-state index in [1.807, 2.05) is 11.8 Å². The maximum Gasteiger partial charge on any atom is 0.254 e. The molecular formula is C16H25NO2. The summed E-state index contributed by atoms with van der Waals surface area (Å²) in [4.78, 5) is 14.6. The number of hydrogen-bond donors (Lipinski definition) is 1. The fourth-order valence-electron chi connectivity index (χ4n) is 2.11. The molecule has 0 aliphatic carbocycles. The third-order valence-corrected chi connectivity index (χ3v) is 3.58. The number of phenolic OH excluding ortho intramolecular Hbond substituents is 1. The molecule has 0 spiro atoms.